The van der Waals surface area contributed by atoms with Gasteiger partial charge >= 0.3 is 0 Å². The van der Waals surface area contributed by atoms with Crippen LogP contribution in [0.3, 0.4) is 0 Å². The fourth-order valence-electron chi connectivity index (χ4n) is 1.08. The maximum absolute atomic E-state index is 9.43. The number of para-hydroxylation sites is 1. The van der Waals surface area contributed by atoms with Crippen molar-refractivity contribution in [2.75, 3.05) is 0 Å². The second kappa shape index (κ2) is 2.82. The van der Waals surface area contributed by atoms with Gasteiger partial charge in [0.15, 0.2) is 23.7 Å². The standard InChI is InChI=1S/C9H7NO3/c11-7-3-1-2-6(9(7)12)8-4-10-5-13-8/h1-5,11-12H. The van der Waals surface area contributed by atoms with E-state index in [0.717, 1.165) is 0 Å². The monoisotopic (exact) mass is 177 g/mol. The molecule has 1 aromatic carbocycles. The van der Waals surface area contributed by atoms with Gasteiger partial charge in [0.2, 0.25) is 0 Å². The zero-order chi connectivity index (χ0) is 9.26. The molecule has 2 rings (SSSR count). The van der Waals surface area contributed by atoms with Gasteiger partial charge in [0, 0.05) is 0 Å². The Bertz CT molecular complexity index is 409. The van der Waals surface area contributed by atoms with E-state index < -0.39 is 0 Å². The van der Waals surface area contributed by atoms with Crippen molar-refractivity contribution in [2.24, 2.45) is 0 Å². The summed E-state index contributed by atoms with van der Waals surface area (Å²) in [6.45, 7) is 0. The van der Waals surface area contributed by atoms with Crippen molar-refractivity contribution in [1.82, 2.24) is 4.98 Å². The molecular formula is C9H7NO3. The average Bonchev–Trinajstić information content (AvgIpc) is 2.62. The molecule has 2 aromatic rings. The Balaban J connectivity index is 2.59. The van der Waals surface area contributed by atoms with E-state index in [-0.39, 0.29) is 11.5 Å². The molecule has 0 bridgehead atoms. The van der Waals surface area contributed by atoms with Crippen molar-refractivity contribution in [1.29, 1.82) is 0 Å². The van der Waals surface area contributed by atoms with Crippen LogP contribution in [0, 0.1) is 0 Å². The number of aromatic nitrogens is 1. The molecule has 0 fully saturated rings. The van der Waals surface area contributed by atoms with Crippen LogP contribution in [0.5, 0.6) is 11.5 Å². The van der Waals surface area contributed by atoms with E-state index >= 15 is 0 Å². The van der Waals surface area contributed by atoms with E-state index in [1.54, 1.807) is 12.1 Å². The summed E-state index contributed by atoms with van der Waals surface area (Å²) < 4.78 is 4.97. The van der Waals surface area contributed by atoms with Crippen molar-refractivity contribution in [3.63, 3.8) is 0 Å². The van der Waals surface area contributed by atoms with E-state index in [4.69, 9.17) is 4.42 Å². The topological polar surface area (TPSA) is 66.5 Å². The Morgan fingerprint density at radius 1 is 1.23 bits per heavy atom. The quantitative estimate of drug-likeness (QED) is 0.651. The molecule has 2 N–H and O–H groups in total. The maximum Gasteiger partial charge on any atom is 0.181 e. The summed E-state index contributed by atoms with van der Waals surface area (Å²) in [5.74, 6) is 0.0570. The first-order valence-electron chi connectivity index (χ1n) is 3.69. The number of hydrogen-bond donors (Lipinski definition) is 2. The lowest BCUT2D eigenvalue weighted by Crippen LogP contribution is -1.76. The Hall–Kier alpha value is -1.97. The summed E-state index contributed by atoms with van der Waals surface area (Å²) in [6.07, 6.45) is 2.73. The number of phenolic OH excluding ortho intramolecular Hbond substituents is 2. The van der Waals surface area contributed by atoms with Crippen LogP contribution in [0.4, 0.5) is 0 Å². The second-order valence-electron chi connectivity index (χ2n) is 2.54. The number of oxazole rings is 1. The summed E-state index contributed by atoms with van der Waals surface area (Å²) in [6, 6.07) is 4.65. The molecule has 0 unspecified atom stereocenters. The fourth-order valence-corrected chi connectivity index (χ4v) is 1.08. The van der Waals surface area contributed by atoms with E-state index in [0.29, 0.717) is 11.3 Å². The van der Waals surface area contributed by atoms with Crippen LogP contribution in [0.15, 0.2) is 35.2 Å². The van der Waals surface area contributed by atoms with Gasteiger partial charge in [-0.1, -0.05) is 6.07 Å². The summed E-state index contributed by atoms with van der Waals surface area (Å²) >= 11 is 0. The molecule has 0 amide bonds. The zero-order valence-electron chi connectivity index (χ0n) is 6.64. The van der Waals surface area contributed by atoms with Crippen molar-refractivity contribution >= 4 is 0 Å². The molecule has 1 heterocycles. The van der Waals surface area contributed by atoms with Gasteiger partial charge in [0.1, 0.15) is 0 Å². The molecule has 13 heavy (non-hydrogen) atoms. The highest BCUT2D eigenvalue weighted by Crippen LogP contribution is 2.35. The van der Waals surface area contributed by atoms with Gasteiger partial charge < -0.3 is 14.6 Å². The first kappa shape index (κ1) is 7.67. The molecule has 0 saturated carbocycles. The first-order valence-corrected chi connectivity index (χ1v) is 3.69. The third kappa shape index (κ3) is 1.22. The molecule has 1 aromatic heterocycles. The number of aromatic hydroxyl groups is 2. The maximum atomic E-state index is 9.43. The average molecular weight is 177 g/mol. The predicted molar refractivity (Wildman–Crippen MR) is 45.3 cm³/mol. The van der Waals surface area contributed by atoms with Crippen LogP contribution in [0.25, 0.3) is 11.3 Å². The lowest BCUT2D eigenvalue weighted by atomic mass is 10.1. The van der Waals surface area contributed by atoms with Crippen LogP contribution in [-0.2, 0) is 0 Å². The molecular weight excluding hydrogens is 170 g/mol. The second-order valence-corrected chi connectivity index (χ2v) is 2.54. The van der Waals surface area contributed by atoms with E-state index in [9.17, 15) is 10.2 Å². The molecule has 0 aliphatic carbocycles. The van der Waals surface area contributed by atoms with Crippen molar-refractivity contribution in [3.8, 4) is 22.8 Å². The van der Waals surface area contributed by atoms with Crippen molar-refractivity contribution < 1.29 is 14.6 Å². The van der Waals surface area contributed by atoms with E-state index in [1.165, 1.54) is 18.7 Å². The van der Waals surface area contributed by atoms with Crippen LogP contribution in [0.2, 0.25) is 0 Å². The summed E-state index contributed by atoms with van der Waals surface area (Å²) in [5, 5.41) is 18.6. The molecule has 66 valence electrons. The van der Waals surface area contributed by atoms with Gasteiger partial charge in [0.05, 0.1) is 11.8 Å². The molecule has 0 atom stereocenters. The van der Waals surface area contributed by atoms with Crippen LogP contribution in [0.1, 0.15) is 0 Å². The summed E-state index contributed by atoms with van der Waals surface area (Å²) in [4.78, 5) is 3.71. The largest absolute Gasteiger partial charge is 0.504 e. The Morgan fingerprint density at radius 2 is 2.08 bits per heavy atom. The van der Waals surface area contributed by atoms with Crippen molar-refractivity contribution in [3.05, 3.63) is 30.8 Å². The zero-order valence-corrected chi connectivity index (χ0v) is 6.64. The Kier molecular flexibility index (Phi) is 1.66. The predicted octanol–water partition coefficient (Wildman–Crippen LogP) is 1.75. The van der Waals surface area contributed by atoms with E-state index in [1.807, 2.05) is 0 Å². The minimum absolute atomic E-state index is 0.172. The van der Waals surface area contributed by atoms with Gasteiger partial charge in [-0.05, 0) is 12.1 Å². The highest BCUT2D eigenvalue weighted by molar-refractivity contribution is 5.68. The van der Waals surface area contributed by atoms with Crippen LogP contribution >= 0.6 is 0 Å². The highest BCUT2D eigenvalue weighted by Gasteiger charge is 2.09. The number of nitrogens with zero attached hydrogens (tertiary/aromatic N) is 1. The molecule has 4 heteroatoms. The number of hydrogen-bond acceptors (Lipinski definition) is 4. The molecule has 0 spiro atoms. The smallest absolute Gasteiger partial charge is 0.181 e. The molecule has 0 radical (unpaired) electrons. The fraction of sp³-hybridized carbons (Fsp3) is 0. The molecule has 0 saturated heterocycles. The van der Waals surface area contributed by atoms with Crippen molar-refractivity contribution in [2.45, 2.75) is 0 Å². The van der Waals surface area contributed by atoms with Gasteiger partial charge in [0.25, 0.3) is 0 Å². The van der Waals surface area contributed by atoms with Gasteiger partial charge in [-0.3, -0.25) is 0 Å². The highest BCUT2D eigenvalue weighted by atomic mass is 16.3. The van der Waals surface area contributed by atoms with Gasteiger partial charge in [-0.25, -0.2) is 4.98 Å². The van der Waals surface area contributed by atoms with Gasteiger partial charge in [-0.2, -0.15) is 0 Å². The Labute approximate surface area is 74.1 Å². The van der Waals surface area contributed by atoms with Crippen LogP contribution in [-0.4, -0.2) is 15.2 Å². The van der Waals surface area contributed by atoms with E-state index in [2.05, 4.69) is 4.98 Å². The number of phenols is 2. The third-order valence-corrected chi connectivity index (χ3v) is 1.71. The first-order chi connectivity index (χ1) is 6.29. The third-order valence-electron chi connectivity index (χ3n) is 1.71. The minimum Gasteiger partial charge on any atom is -0.504 e. The summed E-state index contributed by atoms with van der Waals surface area (Å²) in [5.41, 5.74) is 0.428. The molecule has 4 nitrogen and oxygen atoms in total. The SMILES string of the molecule is Oc1cccc(-c2cnco2)c1O. The Morgan fingerprint density at radius 3 is 2.77 bits per heavy atom. The summed E-state index contributed by atoms with van der Waals surface area (Å²) in [7, 11) is 0. The number of benzene rings is 1. The number of rotatable bonds is 1. The molecule has 0 aliphatic heterocycles. The molecule has 0 aliphatic rings. The van der Waals surface area contributed by atoms with Gasteiger partial charge in [-0.15, -0.1) is 0 Å². The minimum atomic E-state index is -0.195. The lowest BCUT2D eigenvalue weighted by molar-refractivity contribution is 0.403. The normalized spacial score (nSPS) is 10.2. The van der Waals surface area contributed by atoms with Crippen LogP contribution < -0.4 is 0 Å². The lowest BCUT2D eigenvalue weighted by Gasteiger charge is -2.01.